The molecule has 1 rings (SSSR count). The van der Waals surface area contributed by atoms with Crippen molar-refractivity contribution in [2.75, 3.05) is 25.0 Å². The predicted molar refractivity (Wildman–Crippen MR) is 79.7 cm³/mol. The van der Waals surface area contributed by atoms with Crippen LogP contribution in [0, 0.1) is 0 Å². The van der Waals surface area contributed by atoms with E-state index in [0.717, 1.165) is 24.1 Å². The van der Waals surface area contributed by atoms with Crippen molar-refractivity contribution in [3.63, 3.8) is 0 Å². The highest BCUT2D eigenvalue weighted by molar-refractivity contribution is 9.10. The van der Waals surface area contributed by atoms with Crippen LogP contribution in [0.1, 0.15) is 32.3 Å². The Labute approximate surface area is 114 Å². The van der Waals surface area contributed by atoms with E-state index in [0.29, 0.717) is 0 Å². The molecule has 0 spiro atoms. The average Bonchev–Trinajstić information content (AvgIpc) is 2.33. The molecule has 0 atom stereocenters. The minimum Gasteiger partial charge on any atom is -0.374 e. The van der Waals surface area contributed by atoms with Crippen molar-refractivity contribution in [2.45, 2.75) is 33.2 Å². The normalized spacial score (nSPS) is 10.6. The zero-order chi connectivity index (χ0) is 12.7. The molecule has 0 fully saturated rings. The maximum Gasteiger partial charge on any atom is 0.0410 e. The van der Waals surface area contributed by atoms with Gasteiger partial charge in [-0.3, -0.25) is 0 Å². The lowest BCUT2D eigenvalue weighted by Crippen LogP contribution is -2.22. The van der Waals surface area contributed by atoms with Gasteiger partial charge in [0.25, 0.3) is 0 Å². The Bertz CT molecular complexity index is 339. The Morgan fingerprint density at radius 3 is 2.71 bits per heavy atom. The second-order valence-corrected chi connectivity index (χ2v) is 5.24. The summed E-state index contributed by atoms with van der Waals surface area (Å²) in [6.07, 6.45) is 2.48. The summed E-state index contributed by atoms with van der Waals surface area (Å²) in [7, 11) is 2.17. The number of halogens is 1. The fourth-order valence-electron chi connectivity index (χ4n) is 1.84. The third kappa shape index (κ3) is 4.68. The molecule has 1 aromatic carbocycles. The first-order valence-electron chi connectivity index (χ1n) is 6.39. The average molecular weight is 299 g/mol. The van der Waals surface area contributed by atoms with Crippen LogP contribution in [-0.2, 0) is 6.54 Å². The van der Waals surface area contributed by atoms with E-state index in [1.807, 2.05) is 0 Å². The van der Waals surface area contributed by atoms with Crippen LogP contribution in [0.25, 0.3) is 0 Å². The van der Waals surface area contributed by atoms with Crippen LogP contribution < -0.4 is 10.2 Å². The number of hydrogen-bond acceptors (Lipinski definition) is 2. The number of rotatable bonds is 7. The summed E-state index contributed by atoms with van der Waals surface area (Å²) in [6, 6.07) is 6.53. The molecule has 0 amide bonds. The van der Waals surface area contributed by atoms with Crippen LogP contribution in [0.5, 0.6) is 0 Å². The lowest BCUT2D eigenvalue weighted by atomic mass is 10.1. The highest BCUT2D eigenvalue weighted by Crippen LogP contribution is 2.24. The van der Waals surface area contributed by atoms with Gasteiger partial charge in [0.2, 0.25) is 0 Å². The number of anilines is 1. The summed E-state index contributed by atoms with van der Waals surface area (Å²) in [5.41, 5.74) is 2.70. The quantitative estimate of drug-likeness (QED) is 0.824. The zero-order valence-corrected chi connectivity index (χ0v) is 12.7. The molecule has 17 heavy (non-hydrogen) atoms. The lowest BCUT2D eigenvalue weighted by molar-refractivity contribution is 0.716. The molecule has 1 N–H and O–H groups in total. The molecule has 2 nitrogen and oxygen atoms in total. The number of unbranched alkanes of at least 4 members (excludes halogenated alkanes) is 1. The summed E-state index contributed by atoms with van der Waals surface area (Å²) in [5, 5.41) is 3.40. The second kappa shape index (κ2) is 7.72. The van der Waals surface area contributed by atoms with E-state index in [1.165, 1.54) is 24.1 Å². The van der Waals surface area contributed by atoms with Crippen molar-refractivity contribution in [2.24, 2.45) is 0 Å². The fraction of sp³-hybridized carbons (Fsp3) is 0.571. The topological polar surface area (TPSA) is 15.3 Å². The first kappa shape index (κ1) is 14.5. The Balaban J connectivity index is 2.80. The molecule has 0 saturated heterocycles. The van der Waals surface area contributed by atoms with Crippen LogP contribution in [0.4, 0.5) is 5.69 Å². The van der Waals surface area contributed by atoms with Gasteiger partial charge in [0.15, 0.2) is 0 Å². The van der Waals surface area contributed by atoms with Crippen molar-refractivity contribution in [1.29, 1.82) is 0 Å². The van der Waals surface area contributed by atoms with Gasteiger partial charge in [0.1, 0.15) is 0 Å². The van der Waals surface area contributed by atoms with Crippen molar-refractivity contribution in [1.82, 2.24) is 5.32 Å². The smallest absolute Gasteiger partial charge is 0.0410 e. The Hall–Kier alpha value is -0.540. The Kier molecular flexibility index (Phi) is 6.60. The number of hydrogen-bond donors (Lipinski definition) is 1. The molecule has 0 radical (unpaired) electrons. The largest absolute Gasteiger partial charge is 0.374 e. The maximum absolute atomic E-state index is 3.54. The van der Waals surface area contributed by atoms with Gasteiger partial charge in [-0.25, -0.2) is 0 Å². The molecule has 0 unspecified atom stereocenters. The molecular formula is C14H23BrN2. The Morgan fingerprint density at radius 2 is 2.06 bits per heavy atom. The summed E-state index contributed by atoms with van der Waals surface area (Å²) in [5.74, 6) is 0. The molecule has 0 aliphatic carbocycles. The number of benzene rings is 1. The molecule has 0 heterocycles. The summed E-state index contributed by atoms with van der Waals surface area (Å²) in [6.45, 7) is 7.43. The van der Waals surface area contributed by atoms with Gasteiger partial charge >= 0.3 is 0 Å². The number of nitrogens with one attached hydrogen (secondary N) is 1. The molecule has 0 saturated carbocycles. The van der Waals surface area contributed by atoms with E-state index in [9.17, 15) is 0 Å². The molecule has 0 aromatic heterocycles. The molecular weight excluding hydrogens is 276 g/mol. The van der Waals surface area contributed by atoms with Crippen molar-refractivity contribution < 1.29 is 0 Å². The third-order valence-corrected chi connectivity index (χ3v) is 3.36. The van der Waals surface area contributed by atoms with E-state index in [1.54, 1.807) is 0 Å². The summed E-state index contributed by atoms with van der Waals surface area (Å²) < 4.78 is 1.15. The monoisotopic (exact) mass is 298 g/mol. The first-order valence-corrected chi connectivity index (χ1v) is 7.18. The van der Waals surface area contributed by atoms with Crippen LogP contribution in [0.3, 0.4) is 0 Å². The second-order valence-electron chi connectivity index (χ2n) is 4.33. The molecule has 0 aliphatic rings. The van der Waals surface area contributed by atoms with Gasteiger partial charge in [0, 0.05) is 30.3 Å². The third-order valence-electron chi connectivity index (χ3n) is 2.87. The van der Waals surface area contributed by atoms with E-state index in [2.05, 4.69) is 65.2 Å². The first-order chi connectivity index (χ1) is 8.19. The van der Waals surface area contributed by atoms with Gasteiger partial charge in [-0.05, 0) is 36.7 Å². The van der Waals surface area contributed by atoms with Gasteiger partial charge in [-0.2, -0.15) is 0 Å². The highest BCUT2D eigenvalue weighted by atomic mass is 79.9. The van der Waals surface area contributed by atoms with Crippen LogP contribution in [0.2, 0.25) is 0 Å². The molecule has 3 heteroatoms. The lowest BCUT2D eigenvalue weighted by Gasteiger charge is -2.22. The van der Waals surface area contributed by atoms with Crippen LogP contribution in [-0.4, -0.2) is 20.1 Å². The van der Waals surface area contributed by atoms with Gasteiger partial charge in [-0.15, -0.1) is 0 Å². The van der Waals surface area contributed by atoms with E-state index in [4.69, 9.17) is 0 Å². The van der Waals surface area contributed by atoms with E-state index >= 15 is 0 Å². The van der Waals surface area contributed by atoms with Crippen LogP contribution >= 0.6 is 15.9 Å². The summed E-state index contributed by atoms with van der Waals surface area (Å²) >= 11 is 3.54. The van der Waals surface area contributed by atoms with Crippen molar-refractivity contribution in [3.05, 3.63) is 28.2 Å². The maximum atomic E-state index is 3.54. The standard InChI is InChI=1S/C14H23BrN2/c1-4-6-9-17(3)14-8-7-13(15)10-12(14)11-16-5-2/h7-8,10,16H,4-6,9,11H2,1-3H3. The van der Waals surface area contributed by atoms with Gasteiger partial charge < -0.3 is 10.2 Å². The number of nitrogens with zero attached hydrogens (tertiary/aromatic N) is 1. The Morgan fingerprint density at radius 1 is 1.29 bits per heavy atom. The molecule has 96 valence electrons. The predicted octanol–water partition coefficient (Wildman–Crippen LogP) is 3.79. The minimum atomic E-state index is 0.932. The molecule has 0 aliphatic heterocycles. The van der Waals surface area contributed by atoms with E-state index < -0.39 is 0 Å². The van der Waals surface area contributed by atoms with Crippen molar-refractivity contribution >= 4 is 21.6 Å². The van der Waals surface area contributed by atoms with Gasteiger partial charge in [0.05, 0.1) is 0 Å². The highest BCUT2D eigenvalue weighted by Gasteiger charge is 2.07. The molecule has 0 bridgehead atoms. The minimum absolute atomic E-state index is 0.932. The summed E-state index contributed by atoms with van der Waals surface area (Å²) in [4.78, 5) is 2.35. The SMILES string of the molecule is CCCCN(C)c1ccc(Br)cc1CNCC. The fourth-order valence-corrected chi connectivity index (χ4v) is 2.25. The van der Waals surface area contributed by atoms with Crippen LogP contribution in [0.15, 0.2) is 22.7 Å². The molecule has 1 aromatic rings. The van der Waals surface area contributed by atoms with Crippen molar-refractivity contribution in [3.8, 4) is 0 Å². The van der Waals surface area contributed by atoms with Gasteiger partial charge in [-0.1, -0.05) is 36.2 Å². The van der Waals surface area contributed by atoms with E-state index in [-0.39, 0.29) is 0 Å². The zero-order valence-electron chi connectivity index (χ0n) is 11.1.